The van der Waals surface area contributed by atoms with Crippen LogP contribution in [-0.2, 0) is 11.3 Å². The Balaban J connectivity index is 2.68. The van der Waals surface area contributed by atoms with Crippen LogP contribution in [0.25, 0.3) is 5.65 Å². The number of hydrogen-bond acceptors (Lipinski definition) is 4. The number of methoxy groups -OCH3 is 1. The van der Waals surface area contributed by atoms with Crippen LogP contribution in [0.3, 0.4) is 0 Å². The average molecular weight is 206 g/mol. The molecule has 0 aliphatic rings. The van der Waals surface area contributed by atoms with Crippen molar-refractivity contribution in [3.8, 4) is 0 Å². The highest BCUT2D eigenvalue weighted by atomic mass is 16.5. The van der Waals surface area contributed by atoms with Gasteiger partial charge in [-0.3, -0.25) is 0 Å². The zero-order valence-electron chi connectivity index (χ0n) is 8.17. The lowest BCUT2D eigenvalue weighted by Crippen LogP contribution is -2.06. The quantitative estimate of drug-likeness (QED) is 0.731. The summed E-state index contributed by atoms with van der Waals surface area (Å²) in [7, 11) is 1.31. The molecule has 78 valence electrons. The van der Waals surface area contributed by atoms with Crippen LogP contribution in [-0.4, -0.2) is 27.6 Å². The van der Waals surface area contributed by atoms with Crippen molar-refractivity contribution in [3.63, 3.8) is 0 Å². The number of pyridine rings is 1. The van der Waals surface area contributed by atoms with E-state index < -0.39 is 5.97 Å². The van der Waals surface area contributed by atoms with Crippen molar-refractivity contribution in [1.82, 2.24) is 9.38 Å². The predicted octanol–water partition coefficient (Wildman–Crippen LogP) is 0.613. The van der Waals surface area contributed by atoms with Gasteiger partial charge in [-0.05, 0) is 11.6 Å². The van der Waals surface area contributed by atoms with Crippen LogP contribution in [0.1, 0.15) is 15.9 Å². The van der Waals surface area contributed by atoms with E-state index in [-0.39, 0.29) is 6.61 Å². The molecule has 2 aromatic rings. The summed E-state index contributed by atoms with van der Waals surface area (Å²) < 4.78 is 6.32. The Morgan fingerprint density at radius 2 is 2.47 bits per heavy atom. The fraction of sp³-hybridized carbons (Fsp3) is 0.200. The maximum absolute atomic E-state index is 11.4. The lowest BCUT2D eigenvalue weighted by molar-refractivity contribution is 0.0602. The zero-order valence-corrected chi connectivity index (χ0v) is 8.17. The fourth-order valence-electron chi connectivity index (χ4n) is 1.44. The first-order valence-electron chi connectivity index (χ1n) is 4.41. The van der Waals surface area contributed by atoms with Gasteiger partial charge in [0.2, 0.25) is 0 Å². The average Bonchev–Trinajstić information content (AvgIpc) is 2.74. The predicted molar refractivity (Wildman–Crippen MR) is 52.5 cm³/mol. The van der Waals surface area contributed by atoms with Crippen LogP contribution in [0.4, 0.5) is 0 Å². The number of aliphatic hydroxyl groups excluding tert-OH is 1. The van der Waals surface area contributed by atoms with E-state index in [2.05, 4.69) is 9.72 Å². The standard InChI is InChI=1S/C10H10N2O3/c1-15-10(14)8-4-7(6-13)5-12-3-2-11-9(8)12/h2-5,13H,6H2,1H3. The number of carbonyl (C=O) groups is 1. The van der Waals surface area contributed by atoms with Crippen LogP contribution in [0.15, 0.2) is 24.7 Å². The molecule has 15 heavy (non-hydrogen) atoms. The lowest BCUT2D eigenvalue weighted by Gasteiger charge is -2.04. The van der Waals surface area contributed by atoms with E-state index in [1.54, 1.807) is 29.1 Å². The Hall–Kier alpha value is -1.88. The molecule has 0 amide bonds. The third-order valence-electron chi connectivity index (χ3n) is 2.13. The van der Waals surface area contributed by atoms with Crippen molar-refractivity contribution < 1.29 is 14.6 Å². The molecule has 0 radical (unpaired) electrons. The van der Waals surface area contributed by atoms with E-state index in [9.17, 15) is 4.79 Å². The molecule has 0 aliphatic heterocycles. The molecule has 0 saturated carbocycles. The number of aromatic nitrogens is 2. The van der Waals surface area contributed by atoms with Gasteiger partial charge in [0.1, 0.15) is 5.56 Å². The Bertz CT molecular complexity index is 504. The van der Waals surface area contributed by atoms with Crippen LogP contribution in [0, 0.1) is 0 Å². The summed E-state index contributed by atoms with van der Waals surface area (Å²) in [5.74, 6) is -0.457. The third-order valence-corrected chi connectivity index (χ3v) is 2.13. The summed E-state index contributed by atoms with van der Waals surface area (Å²) in [4.78, 5) is 15.5. The lowest BCUT2D eigenvalue weighted by atomic mass is 10.2. The number of nitrogens with zero attached hydrogens (tertiary/aromatic N) is 2. The molecule has 0 bridgehead atoms. The van der Waals surface area contributed by atoms with Crippen molar-refractivity contribution in [2.24, 2.45) is 0 Å². The number of hydrogen-bond donors (Lipinski definition) is 1. The first-order chi connectivity index (χ1) is 7.26. The molecule has 0 aliphatic carbocycles. The van der Waals surface area contributed by atoms with E-state index in [0.29, 0.717) is 16.8 Å². The number of esters is 1. The minimum atomic E-state index is -0.457. The highest BCUT2D eigenvalue weighted by Crippen LogP contribution is 2.13. The van der Waals surface area contributed by atoms with Crippen LogP contribution in [0.5, 0.6) is 0 Å². The summed E-state index contributed by atoms with van der Waals surface area (Å²) in [6, 6.07) is 1.58. The number of ether oxygens (including phenoxy) is 1. The number of rotatable bonds is 2. The summed E-state index contributed by atoms with van der Waals surface area (Å²) in [6.07, 6.45) is 5.01. The van der Waals surface area contributed by atoms with Gasteiger partial charge in [-0.15, -0.1) is 0 Å². The van der Waals surface area contributed by atoms with Gasteiger partial charge < -0.3 is 14.2 Å². The molecular formula is C10H10N2O3. The van der Waals surface area contributed by atoms with E-state index in [1.165, 1.54) is 7.11 Å². The molecule has 0 atom stereocenters. The number of fused-ring (bicyclic) bond motifs is 1. The van der Waals surface area contributed by atoms with E-state index in [1.807, 2.05) is 0 Å². The minimum absolute atomic E-state index is 0.127. The SMILES string of the molecule is COC(=O)c1cc(CO)cn2ccnc12. The summed E-state index contributed by atoms with van der Waals surface area (Å²) in [6.45, 7) is -0.127. The monoisotopic (exact) mass is 206 g/mol. The van der Waals surface area contributed by atoms with Gasteiger partial charge in [0.15, 0.2) is 5.65 Å². The molecule has 0 spiro atoms. The van der Waals surface area contributed by atoms with Gasteiger partial charge >= 0.3 is 5.97 Å². The van der Waals surface area contributed by atoms with Crippen molar-refractivity contribution in [3.05, 3.63) is 35.8 Å². The summed E-state index contributed by atoms with van der Waals surface area (Å²) >= 11 is 0. The third kappa shape index (κ3) is 1.57. The maximum Gasteiger partial charge on any atom is 0.341 e. The van der Waals surface area contributed by atoms with Gasteiger partial charge in [0.25, 0.3) is 0 Å². The van der Waals surface area contributed by atoms with E-state index in [0.717, 1.165) is 0 Å². The molecule has 2 aromatic heterocycles. The fourth-order valence-corrected chi connectivity index (χ4v) is 1.44. The first-order valence-corrected chi connectivity index (χ1v) is 4.41. The highest BCUT2D eigenvalue weighted by molar-refractivity contribution is 5.95. The second-order valence-electron chi connectivity index (χ2n) is 3.07. The number of aliphatic hydroxyl groups is 1. The van der Waals surface area contributed by atoms with Gasteiger partial charge in [0, 0.05) is 18.6 Å². The highest BCUT2D eigenvalue weighted by Gasteiger charge is 2.13. The van der Waals surface area contributed by atoms with Crippen molar-refractivity contribution in [2.45, 2.75) is 6.61 Å². The van der Waals surface area contributed by atoms with Crippen LogP contribution < -0.4 is 0 Å². The second-order valence-corrected chi connectivity index (χ2v) is 3.07. The van der Waals surface area contributed by atoms with Crippen LogP contribution in [0.2, 0.25) is 0 Å². The Morgan fingerprint density at radius 3 is 3.13 bits per heavy atom. The number of imidazole rings is 1. The molecule has 2 heterocycles. The van der Waals surface area contributed by atoms with Gasteiger partial charge in [-0.25, -0.2) is 9.78 Å². The van der Waals surface area contributed by atoms with E-state index >= 15 is 0 Å². The topological polar surface area (TPSA) is 63.8 Å². The minimum Gasteiger partial charge on any atom is -0.465 e. The van der Waals surface area contributed by atoms with Crippen molar-refractivity contribution in [1.29, 1.82) is 0 Å². The molecule has 2 rings (SSSR count). The second kappa shape index (κ2) is 3.70. The molecule has 0 aromatic carbocycles. The van der Waals surface area contributed by atoms with Gasteiger partial charge in [-0.1, -0.05) is 0 Å². The smallest absolute Gasteiger partial charge is 0.341 e. The normalized spacial score (nSPS) is 10.5. The number of carbonyl (C=O) groups excluding carboxylic acids is 1. The first kappa shape index (κ1) is 9.67. The molecule has 0 unspecified atom stereocenters. The molecule has 1 N–H and O–H groups in total. The largest absolute Gasteiger partial charge is 0.465 e. The van der Waals surface area contributed by atoms with Gasteiger partial charge in [0.05, 0.1) is 13.7 Å². The van der Waals surface area contributed by atoms with Gasteiger partial charge in [-0.2, -0.15) is 0 Å². The summed E-state index contributed by atoms with van der Waals surface area (Å²) in [5.41, 5.74) is 1.52. The Kier molecular flexibility index (Phi) is 2.39. The Morgan fingerprint density at radius 1 is 1.67 bits per heavy atom. The zero-order chi connectivity index (χ0) is 10.8. The van der Waals surface area contributed by atoms with E-state index in [4.69, 9.17) is 5.11 Å². The molecular weight excluding hydrogens is 196 g/mol. The molecule has 0 saturated heterocycles. The molecule has 0 fully saturated rings. The van der Waals surface area contributed by atoms with Crippen molar-refractivity contribution in [2.75, 3.05) is 7.11 Å². The Labute approximate surface area is 85.9 Å². The molecule has 5 heteroatoms. The maximum atomic E-state index is 11.4. The molecule has 5 nitrogen and oxygen atoms in total. The van der Waals surface area contributed by atoms with Crippen LogP contribution >= 0.6 is 0 Å². The van der Waals surface area contributed by atoms with Crippen molar-refractivity contribution >= 4 is 11.6 Å². The summed E-state index contributed by atoms with van der Waals surface area (Å²) in [5, 5.41) is 9.03.